The van der Waals surface area contributed by atoms with Gasteiger partial charge in [0.2, 0.25) is 0 Å². The van der Waals surface area contributed by atoms with Crippen LogP contribution in [0, 0.1) is 5.92 Å². The summed E-state index contributed by atoms with van der Waals surface area (Å²) >= 11 is 0. The highest BCUT2D eigenvalue weighted by Crippen LogP contribution is 2.29. The molecule has 4 heteroatoms. The fraction of sp³-hybridized carbons (Fsp3) is 0.833. The average Bonchev–Trinajstić information content (AvgIpc) is 2.74. The summed E-state index contributed by atoms with van der Waals surface area (Å²) in [6.07, 6.45) is 4.08. The van der Waals surface area contributed by atoms with Gasteiger partial charge in [0, 0.05) is 43.3 Å². The van der Waals surface area contributed by atoms with Gasteiger partial charge < -0.3 is 0 Å². The van der Waals surface area contributed by atoms with Crippen molar-refractivity contribution in [2.45, 2.75) is 65.0 Å². The number of nitrogens with zero attached hydrogens (tertiary/aromatic N) is 3. The maximum Gasteiger partial charge on any atom is 0.0678 e. The summed E-state index contributed by atoms with van der Waals surface area (Å²) in [5.74, 6) is 0.857. The molecule has 3 aliphatic heterocycles. The molecule has 1 aromatic rings. The Bertz CT molecular complexity index is 488. The molecule has 22 heavy (non-hydrogen) atoms. The number of hydrogen-bond acceptors (Lipinski definition) is 3. The molecule has 0 radical (unpaired) electrons. The van der Waals surface area contributed by atoms with E-state index in [4.69, 9.17) is 0 Å². The molecular formula is C18H32N4. The normalized spacial score (nSPS) is 27.3. The smallest absolute Gasteiger partial charge is 0.0678 e. The highest BCUT2D eigenvalue weighted by atomic mass is 15.3. The molecule has 4 nitrogen and oxygen atoms in total. The topological polar surface area (TPSA) is 35.2 Å². The van der Waals surface area contributed by atoms with E-state index in [2.05, 4.69) is 53.8 Å². The number of rotatable bonds is 4. The van der Waals surface area contributed by atoms with Gasteiger partial charge in [0.05, 0.1) is 5.69 Å². The van der Waals surface area contributed by atoms with Gasteiger partial charge in [-0.1, -0.05) is 27.7 Å². The third kappa shape index (κ3) is 3.54. The van der Waals surface area contributed by atoms with Crippen LogP contribution in [0.25, 0.3) is 0 Å². The minimum atomic E-state index is 0.129. The number of hydrogen-bond donors (Lipinski definition) is 1. The van der Waals surface area contributed by atoms with Crippen LogP contribution in [0.2, 0.25) is 0 Å². The Labute approximate surface area is 135 Å². The van der Waals surface area contributed by atoms with E-state index in [1.54, 1.807) is 0 Å². The number of fused-ring (bicyclic) bond motifs is 4. The lowest BCUT2D eigenvalue weighted by molar-refractivity contribution is 0.131. The van der Waals surface area contributed by atoms with Crippen molar-refractivity contribution in [1.82, 2.24) is 20.0 Å². The van der Waals surface area contributed by atoms with Crippen LogP contribution in [0.4, 0.5) is 0 Å². The van der Waals surface area contributed by atoms with Crippen LogP contribution in [-0.2, 0) is 12.0 Å². The van der Waals surface area contributed by atoms with Crippen LogP contribution >= 0.6 is 0 Å². The van der Waals surface area contributed by atoms with Crippen molar-refractivity contribution in [3.05, 3.63) is 17.5 Å². The third-order valence-corrected chi connectivity index (χ3v) is 5.21. The van der Waals surface area contributed by atoms with Crippen LogP contribution in [0.3, 0.4) is 0 Å². The third-order valence-electron chi connectivity index (χ3n) is 5.21. The summed E-state index contributed by atoms with van der Waals surface area (Å²) in [7, 11) is 0. The fourth-order valence-corrected chi connectivity index (χ4v) is 4.03. The minimum Gasteiger partial charge on any atom is -0.299 e. The number of aromatic nitrogens is 2. The predicted molar refractivity (Wildman–Crippen MR) is 90.9 cm³/mol. The molecule has 0 amide bonds. The lowest BCUT2D eigenvalue weighted by Crippen LogP contribution is -2.44. The fourth-order valence-electron chi connectivity index (χ4n) is 4.03. The number of piperidine rings is 1. The van der Waals surface area contributed by atoms with Crippen molar-refractivity contribution in [2.24, 2.45) is 5.92 Å². The van der Waals surface area contributed by atoms with Crippen LogP contribution in [0.15, 0.2) is 6.07 Å². The van der Waals surface area contributed by atoms with Gasteiger partial charge in [-0.3, -0.25) is 14.9 Å². The molecule has 2 atom stereocenters. The van der Waals surface area contributed by atoms with Crippen LogP contribution in [0.5, 0.6) is 0 Å². The van der Waals surface area contributed by atoms with Crippen molar-refractivity contribution in [3.63, 3.8) is 0 Å². The van der Waals surface area contributed by atoms with Gasteiger partial charge in [0.1, 0.15) is 0 Å². The van der Waals surface area contributed by atoms with Crippen molar-refractivity contribution >= 4 is 0 Å². The standard InChI is InChI=1S/C18H32N4/c1-5-8-22-11-14-6-7-16(22)13-21(10-14)12-15-9-17(20-19-15)18(2,3)4/h9,14,16H,5-8,10-13H2,1-4H3,(H,19,20)/t14-,16+/m0/s1. The average molecular weight is 304 g/mol. The first-order valence-electron chi connectivity index (χ1n) is 8.97. The van der Waals surface area contributed by atoms with Crippen LogP contribution in [0.1, 0.15) is 58.3 Å². The first-order chi connectivity index (χ1) is 10.5. The molecule has 0 aromatic carbocycles. The Morgan fingerprint density at radius 2 is 2.05 bits per heavy atom. The Hall–Kier alpha value is -0.870. The molecule has 3 aliphatic rings. The van der Waals surface area contributed by atoms with Gasteiger partial charge in [-0.15, -0.1) is 0 Å². The summed E-state index contributed by atoms with van der Waals surface area (Å²) in [5, 5.41) is 7.77. The lowest BCUT2D eigenvalue weighted by atomic mass is 9.92. The number of aromatic amines is 1. The first kappa shape index (κ1) is 16.0. The highest BCUT2D eigenvalue weighted by Gasteiger charge is 2.34. The van der Waals surface area contributed by atoms with Gasteiger partial charge in [-0.25, -0.2) is 0 Å². The SMILES string of the molecule is CCCN1C[C@H]2CC[C@@H]1CN(Cc1cc(C(C)(C)C)n[nH]1)C2. The zero-order valence-corrected chi connectivity index (χ0v) is 14.7. The van der Waals surface area contributed by atoms with Gasteiger partial charge in [0.25, 0.3) is 0 Å². The molecule has 0 spiro atoms. The number of H-pyrrole nitrogens is 1. The Kier molecular flexibility index (Phi) is 4.60. The van der Waals surface area contributed by atoms with E-state index >= 15 is 0 Å². The molecule has 1 N–H and O–H groups in total. The summed E-state index contributed by atoms with van der Waals surface area (Å²) < 4.78 is 0. The van der Waals surface area contributed by atoms with Crippen molar-refractivity contribution in [3.8, 4) is 0 Å². The van der Waals surface area contributed by atoms with Gasteiger partial charge in [-0.2, -0.15) is 5.10 Å². The molecule has 0 saturated carbocycles. The maximum absolute atomic E-state index is 4.51. The molecular weight excluding hydrogens is 272 g/mol. The minimum absolute atomic E-state index is 0.129. The maximum atomic E-state index is 4.51. The molecule has 124 valence electrons. The highest BCUT2D eigenvalue weighted by molar-refractivity contribution is 5.16. The molecule has 0 unspecified atom stereocenters. The monoisotopic (exact) mass is 304 g/mol. The van der Waals surface area contributed by atoms with Gasteiger partial charge in [0.15, 0.2) is 0 Å². The second-order valence-electron chi connectivity index (χ2n) is 8.31. The van der Waals surface area contributed by atoms with Gasteiger partial charge in [-0.05, 0) is 37.8 Å². The Morgan fingerprint density at radius 3 is 2.73 bits per heavy atom. The summed E-state index contributed by atoms with van der Waals surface area (Å²) in [6, 6.07) is 3.03. The van der Waals surface area contributed by atoms with Crippen LogP contribution in [-0.4, -0.2) is 52.2 Å². The largest absolute Gasteiger partial charge is 0.299 e. The quantitative estimate of drug-likeness (QED) is 0.928. The zero-order chi connectivity index (χ0) is 15.7. The molecule has 0 aliphatic carbocycles. The van der Waals surface area contributed by atoms with E-state index in [1.807, 2.05) is 0 Å². The van der Waals surface area contributed by atoms with E-state index < -0.39 is 0 Å². The number of nitrogens with one attached hydrogen (secondary N) is 1. The molecule has 1 aromatic heterocycles. The van der Waals surface area contributed by atoms with E-state index in [0.717, 1.165) is 18.5 Å². The lowest BCUT2D eigenvalue weighted by Gasteiger charge is -2.35. The Balaban J connectivity index is 1.65. The van der Waals surface area contributed by atoms with Crippen molar-refractivity contribution < 1.29 is 0 Å². The second-order valence-corrected chi connectivity index (χ2v) is 8.31. The first-order valence-corrected chi connectivity index (χ1v) is 8.97. The molecule has 4 rings (SSSR count). The second kappa shape index (κ2) is 6.32. The Morgan fingerprint density at radius 1 is 1.23 bits per heavy atom. The van der Waals surface area contributed by atoms with E-state index in [1.165, 1.54) is 56.8 Å². The van der Waals surface area contributed by atoms with Crippen molar-refractivity contribution in [2.75, 3.05) is 26.2 Å². The summed E-state index contributed by atoms with van der Waals surface area (Å²) in [5.41, 5.74) is 2.57. The summed E-state index contributed by atoms with van der Waals surface area (Å²) in [4.78, 5) is 5.39. The molecule has 3 saturated heterocycles. The predicted octanol–water partition coefficient (Wildman–Crippen LogP) is 3.01. The molecule has 2 bridgehead atoms. The molecule has 4 heterocycles. The van der Waals surface area contributed by atoms with E-state index in [9.17, 15) is 0 Å². The van der Waals surface area contributed by atoms with E-state index in [0.29, 0.717) is 0 Å². The van der Waals surface area contributed by atoms with Crippen molar-refractivity contribution in [1.29, 1.82) is 0 Å². The van der Waals surface area contributed by atoms with Gasteiger partial charge >= 0.3 is 0 Å². The van der Waals surface area contributed by atoms with E-state index in [-0.39, 0.29) is 5.41 Å². The molecule has 3 fully saturated rings. The summed E-state index contributed by atoms with van der Waals surface area (Å²) in [6.45, 7) is 15.1. The van der Waals surface area contributed by atoms with Crippen LogP contribution < -0.4 is 0 Å². The zero-order valence-electron chi connectivity index (χ0n) is 14.7.